The summed E-state index contributed by atoms with van der Waals surface area (Å²) < 4.78 is 30.4. The van der Waals surface area contributed by atoms with Crippen molar-refractivity contribution in [1.82, 2.24) is 24.4 Å². The first-order valence-corrected chi connectivity index (χ1v) is 11.4. The van der Waals surface area contributed by atoms with Gasteiger partial charge in [0, 0.05) is 25.5 Å². The summed E-state index contributed by atoms with van der Waals surface area (Å²) in [5, 5.41) is 23.4. The Kier molecular flexibility index (Phi) is 5.96. The number of anilines is 2. The number of nitrogens with zero attached hydrogens (tertiary/aromatic N) is 5. The Bertz CT molecular complexity index is 1130. The first kappa shape index (κ1) is 21.7. The van der Waals surface area contributed by atoms with E-state index in [-0.39, 0.29) is 29.8 Å². The molecule has 0 aliphatic heterocycles. The number of aliphatic hydroxyl groups is 1. The number of aromatic nitrogens is 5. The molecule has 3 heterocycles. The first-order chi connectivity index (χ1) is 16.0. The van der Waals surface area contributed by atoms with Crippen LogP contribution in [0, 0.1) is 11.8 Å². The molecule has 11 heteroatoms. The summed E-state index contributed by atoms with van der Waals surface area (Å²) in [4.78, 5) is 17.5. The van der Waals surface area contributed by atoms with Crippen molar-refractivity contribution in [2.75, 3.05) is 23.8 Å². The number of aliphatic hydroxyl groups excluding tert-OH is 1. The molecule has 2 saturated carbocycles. The highest BCUT2D eigenvalue weighted by atomic mass is 19.3. The van der Waals surface area contributed by atoms with Gasteiger partial charge in [-0.1, -0.05) is 0 Å². The summed E-state index contributed by atoms with van der Waals surface area (Å²) in [7, 11) is 0. The van der Waals surface area contributed by atoms with E-state index in [1.807, 2.05) is 0 Å². The number of hydrogen-bond acceptors (Lipinski definition) is 6. The Labute approximate surface area is 189 Å². The molecule has 0 unspecified atom stereocenters. The zero-order chi connectivity index (χ0) is 22.9. The molecule has 0 bridgehead atoms. The van der Waals surface area contributed by atoms with Gasteiger partial charge < -0.3 is 15.7 Å². The van der Waals surface area contributed by atoms with Crippen molar-refractivity contribution in [1.29, 1.82) is 0 Å². The number of hydrogen-bond donors (Lipinski definition) is 3. The van der Waals surface area contributed by atoms with Gasteiger partial charge >= 0.3 is 0 Å². The van der Waals surface area contributed by atoms with Crippen LogP contribution in [0.3, 0.4) is 0 Å². The maximum absolute atomic E-state index is 13.7. The molecule has 0 atom stereocenters. The molecule has 5 rings (SSSR count). The van der Waals surface area contributed by atoms with Crippen molar-refractivity contribution in [3.63, 3.8) is 0 Å². The molecule has 0 saturated heterocycles. The SMILES string of the molecule is O=C(Nc1cn([C@H]2CC[C@H](CO)CC2)nc1C(F)F)c1cnn2ccc(NCC3CC3)nc12. The van der Waals surface area contributed by atoms with E-state index in [1.165, 1.54) is 34.4 Å². The van der Waals surface area contributed by atoms with Gasteiger partial charge in [-0.05, 0) is 56.4 Å². The van der Waals surface area contributed by atoms with E-state index >= 15 is 0 Å². The van der Waals surface area contributed by atoms with E-state index in [4.69, 9.17) is 0 Å². The van der Waals surface area contributed by atoms with Crippen LogP contribution in [0.2, 0.25) is 0 Å². The average Bonchev–Trinajstić information content (AvgIpc) is 3.41. The number of amides is 1. The van der Waals surface area contributed by atoms with Crippen molar-refractivity contribution in [2.24, 2.45) is 11.8 Å². The third kappa shape index (κ3) is 4.68. The summed E-state index contributed by atoms with van der Waals surface area (Å²) >= 11 is 0. The minimum Gasteiger partial charge on any atom is -0.396 e. The maximum Gasteiger partial charge on any atom is 0.284 e. The fourth-order valence-electron chi connectivity index (χ4n) is 4.33. The molecule has 0 radical (unpaired) electrons. The third-order valence-corrected chi connectivity index (χ3v) is 6.55. The highest BCUT2D eigenvalue weighted by molar-refractivity contribution is 6.08. The van der Waals surface area contributed by atoms with Gasteiger partial charge in [-0.15, -0.1) is 0 Å². The van der Waals surface area contributed by atoms with Gasteiger partial charge in [0.2, 0.25) is 0 Å². The lowest BCUT2D eigenvalue weighted by molar-refractivity contribution is 0.102. The molecule has 2 fully saturated rings. The Morgan fingerprint density at radius 3 is 2.64 bits per heavy atom. The molecule has 3 N–H and O–H groups in total. The minimum absolute atomic E-state index is 0.0124. The van der Waals surface area contributed by atoms with Crippen molar-refractivity contribution in [3.8, 4) is 0 Å². The van der Waals surface area contributed by atoms with Crippen LogP contribution in [0.5, 0.6) is 0 Å². The van der Waals surface area contributed by atoms with Crippen LogP contribution < -0.4 is 10.6 Å². The molecular formula is C22H27F2N7O2. The van der Waals surface area contributed by atoms with Crippen LogP contribution in [-0.2, 0) is 0 Å². The van der Waals surface area contributed by atoms with Crippen LogP contribution in [0.25, 0.3) is 5.65 Å². The Morgan fingerprint density at radius 1 is 1.18 bits per heavy atom. The summed E-state index contributed by atoms with van der Waals surface area (Å²) in [6.45, 7) is 0.969. The van der Waals surface area contributed by atoms with E-state index in [2.05, 4.69) is 25.8 Å². The Hall–Kier alpha value is -3.08. The minimum atomic E-state index is -2.82. The topological polar surface area (TPSA) is 109 Å². The standard InChI is InChI=1S/C22H27F2N7O2/c23-20(24)19-17(11-31(29-19)15-5-3-14(12-32)4-6-15)27-22(33)16-10-26-30-8-7-18(28-21(16)30)25-9-13-1-2-13/h7-8,10-11,13-15,20,32H,1-6,9,12H2,(H,25,28)(H,27,33)/t14-,15-. The lowest BCUT2D eigenvalue weighted by atomic mass is 9.87. The second-order valence-corrected chi connectivity index (χ2v) is 8.98. The predicted octanol–water partition coefficient (Wildman–Crippen LogP) is 3.66. The van der Waals surface area contributed by atoms with E-state index in [0.29, 0.717) is 17.4 Å². The van der Waals surface area contributed by atoms with Crippen LogP contribution >= 0.6 is 0 Å². The van der Waals surface area contributed by atoms with Crippen molar-refractivity contribution < 1.29 is 18.7 Å². The Morgan fingerprint density at radius 2 is 1.94 bits per heavy atom. The second-order valence-electron chi connectivity index (χ2n) is 8.98. The monoisotopic (exact) mass is 459 g/mol. The number of fused-ring (bicyclic) bond motifs is 1. The zero-order valence-electron chi connectivity index (χ0n) is 18.1. The van der Waals surface area contributed by atoms with Gasteiger partial charge in [0.15, 0.2) is 11.3 Å². The summed E-state index contributed by atoms with van der Waals surface area (Å²) in [5.41, 5.74) is 0.0774. The van der Waals surface area contributed by atoms with E-state index in [9.17, 15) is 18.7 Å². The number of carbonyl (C=O) groups excluding carboxylic acids is 1. The van der Waals surface area contributed by atoms with E-state index in [0.717, 1.165) is 32.2 Å². The normalized spacial score (nSPS) is 21.0. The molecule has 3 aromatic rings. The fourth-order valence-corrected chi connectivity index (χ4v) is 4.33. The maximum atomic E-state index is 13.7. The lowest BCUT2D eigenvalue weighted by Gasteiger charge is -2.27. The van der Waals surface area contributed by atoms with Crippen LogP contribution in [-0.4, -0.2) is 48.5 Å². The quantitative estimate of drug-likeness (QED) is 0.474. The van der Waals surface area contributed by atoms with E-state index in [1.54, 1.807) is 12.3 Å². The molecule has 2 aliphatic carbocycles. The number of nitrogens with one attached hydrogen (secondary N) is 2. The number of halogens is 2. The zero-order valence-corrected chi connectivity index (χ0v) is 18.1. The van der Waals surface area contributed by atoms with Crippen molar-refractivity contribution in [2.45, 2.75) is 51.0 Å². The molecule has 0 spiro atoms. The van der Waals surface area contributed by atoms with Gasteiger partial charge in [0.05, 0.1) is 17.9 Å². The van der Waals surface area contributed by atoms with Crippen LogP contribution in [0.4, 0.5) is 20.3 Å². The molecule has 2 aliphatic rings. The molecule has 33 heavy (non-hydrogen) atoms. The fraction of sp³-hybridized carbons (Fsp3) is 0.545. The van der Waals surface area contributed by atoms with Gasteiger partial charge in [-0.2, -0.15) is 10.2 Å². The molecule has 9 nitrogen and oxygen atoms in total. The second kappa shape index (κ2) is 9.05. The molecule has 176 valence electrons. The predicted molar refractivity (Wildman–Crippen MR) is 117 cm³/mol. The smallest absolute Gasteiger partial charge is 0.284 e. The number of rotatable bonds is 8. The molecular weight excluding hydrogens is 432 g/mol. The van der Waals surface area contributed by atoms with Crippen molar-refractivity contribution >= 4 is 23.1 Å². The largest absolute Gasteiger partial charge is 0.396 e. The average molecular weight is 460 g/mol. The van der Waals surface area contributed by atoms with Gasteiger partial charge in [-0.3, -0.25) is 9.48 Å². The third-order valence-electron chi connectivity index (χ3n) is 6.55. The van der Waals surface area contributed by atoms with Gasteiger partial charge in [-0.25, -0.2) is 18.3 Å². The summed E-state index contributed by atoms with van der Waals surface area (Å²) in [6.07, 6.45) is 7.29. The molecule has 0 aromatic carbocycles. The molecule has 3 aromatic heterocycles. The van der Waals surface area contributed by atoms with Crippen LogP contribution in [0.15, 0.2) is 24.7 Å². The van der Waals surface area contributed by atoms with Gasteiger partial charge in [0.1, 0.15) is 11.4 Å². The molecule has 1 amide bonds. The number of carbonyl (C=O) groups is 1. The van der Waals surface area contributed by atoms with Crippen LogP contribution in [0.1, 0.15) is 67.0 Å². The van der Waals surface area contributed by atoms with E-state index < -0.39 is 18.0 Å². The van der Waals surface area contributed by atoms with Crippen molar-refractivity contribution in [3.05, 3.63) is 35.9 Å². The van der Waals surface area contributed by atoms with Gasteiger partial charge in [0.25, 0.3) is 12.3 Å². The lowest BCUT2D eigenvalue weighted by Crippen LogP contribution is -2.20. The highest BCUT2D eigenvalue weighted by Crippen LogP contribution is 2.34. The summed E-state index contributed by atoms with van der Waals surface area (Å²) in [5.74, 6) is 0.988. The Balaban J connectivity index is 1.35. The number of alkyl halides is 2. The highest BCUT2D eigenvalue weighted by Gasteiger charge is 2.27. The summed E-state index contributed by atoms with van der Waals surface area (Å²) in [6, 6.07) is 1.75. The first-order valence-electron chi connectivity index (χ1n) is 11.4.